The summed E-state index contributed by atoms with van der Waals surface area (Å²) in [6, 6.07) is 6.87. The van der Waals surface area contributed by atoms with Gasteiger partial charge in [0.1, 0.15) is 5.75 Å². The quantitative estimate of drug-likeness (QED) is 0.686. The molecule has 1 rings (SSSR count). The first kappa shape index (κ1) is 11.1. The van der Waals surface area contributed by atoms with Crippen molar-refractivity contribution < 1.29 is 9.53 Å². The summed E-state index contributed by atoms with van der Waals surface area (Å²) in [5, 5.41) is 8.47. The molecule has 0 saturated heterocycles. The molecule has 0 aliphatic carbocycles. The van der Waals surface area contributed by atoms with Crippen LogP contribution in [0.2, 0.25) is 0 Å². The maximum absolute atomic E-state index is 11.1. The molecule has 0 saturated carbocycles. The Bertz CT molecular complexity index is 421. The largest absolute Gasteiger partial charge is 0.496 e. The molecular weight excluding hydrogens is 192 g/mol. The van der Waals surface area contributed by atoms with E-state index in [1.54, 1.807) is 38.4 Å². The number of carbonyl (C=O) groups is 1. The Balaban J connectivity index is 3.03. The third-order valence-corrected chi connectivity index (χ3v) is 2.17. The van der Waals surface area contributed by atoms with Gasteiger partial charge in [0.25, 0.3) is 0 Å². The Kier molecular flexibility index (Phi) is 3.29. The van der Waals surface area contributed by atoms with E-state index in [0.717, 1.165) is 11.3 Å². The van der Waals surface area contributed by atoms with E-state index in [1.165, 1.54) is 4.90 Å². The number of nitrogens with zero attached hydrogens (tertiary/aromatic N) is 2. The molecule has 4 heteroatoms. The Morgan fingerprint density at radius 3 is 2.67 bits per heavy atom. The normalized spacial score (nSPS) is 9.20. The highest BCUT2D eigenvalue weighted by molar-refractivity contribution is 6.03. The minimum absolute atomic E-state index is 0.584. The minimum Gasteiger partial charge on any atom is -0.496 e. The number of hydrogen-bond donors (Lipinski definition) is 0. The monoisotopic (exact) mass is 204 g/mol. The molecule has 0 unspecified atom stereocenters. The maximum atomic E-state index is 11.1. The molecule has 0 spiro atoms. The molecule has 0 aliphatic rings. The highest BCUT2D eigenvalue weighted by Gasteiger charge is 2.10. The van der Waals surface area contributed by atoms with Crippen molar-refractivity contribution >= 4 is 11.6 Å². The van der Waals surface area contributed by atoms with Gasteiger partial charge in [-0.1, -0.05) is 0 Å². The lowest BCUT2D eigenvalue weighted by atomic mass is 10.2. The minimum atomic E-state index is -0.584. The molecule has 0 radical (unpaired) electrons. The number of hydrogen-bond acceptors (Lipinski definition) is 3. The van der Waals surface area contributed by atoms with Crippen molar-refractivity contribution in [2.45, 2.75) is 6.92 Å². The van der Waals surface area contributed by atoms with E-state index >= 15 is 0 Å². The number of amides is 1. The molecule has 15 heavy (non-hydrogen) atoms. The van der Waals surface area contributed by atoms with Gasteiger partial charge in [0.15, 0.2) is 6.07 Å². The number of ether oxygens (including phenoxy) is 1. The van der Waals surface area contributed by atoms with Gasteiger partial charge in [-0.05, 0) is 30.7 Å². The molecule has 0 aliphatic heterocycles. The van der Waals surface area contributed by atoms with Crippen molar-refractivity contribution in [1.29, 1.82) is 5.26 Å². The zero-order valence-electron chi connectivity index (χ0n) is 8.94. The Labute approximate surface area is 88.7 Å². The van der Waals surface area contributed by atoms with Gasteiger partial charge in [0.05, 0.1) is 7.11 Å². The summed E-state index contributed by atoms with van der Waals surface area (Å²) in [5.74, 6) is 0.177. The Morgan fingerprint density at radius 2 is 2.20 bits per heavy atom. The van der Waals surface area contributed by atoms with E-state index in [-0.39, 0.29) is 0 Å². The van der Waals surface area contributed by atoms with Crippen molar-refractivity contribution in [1.82, 2.24) is 0 Å². The summed E-state index contributed by atoms with van der Waals surface area (Å²) < 4.78 is 5.10. The second kappa shape index (κ2) is 4.47. The van der Waals surface area contributed by atoms with Gasteiger partial charge >= 0.3 is 5.91 Å². The van der Waals surface area contributed by atoms with Gasteiger partial charge in [-0.15, -0.1) is 0 Å². The highest BCUT2D eigenvalue weighted by atomic mass is 16.5. The van der Waals surface area contributed by atoms with E-state index in [1.807, 2.05) is 6.92 Å². The van der Waals surface area contributed by atoms with Crippen LogP contribution in [0.4, 0.5) is 5.69 Å². The van der Waals surface area contributed by atoms with Crippen LogP contribution in [-0.4, -0.2) is 20.1 Å². The van der Waals surface area contributed by atoms with E-state index in [2.05, 4.69) is 0 Å². The molecule has 0 heterocycles. The predicted molar refractivity (Wildman–Crippen MR) is 56.8 cm³/mol. The average Bonchev–Trinajstić information content (AvgIpc) is 2.26. The topological polar surface area (TPSA) is 53.3 Å². The van der Waals surface area contributed by atoms with Crippen LogP contribution in [0.15, 0.2) is 18.2 Å². The van der Waals surface area contributed by atoms with Crippen LogP contribution in [-0.2, 0) is 4.79 Å². The van der Waals surface area contributed by atoms with Gasteiger partial charge in [-0.2, -0.15) is 5.26 Å². The van der Waals surface area contributed by atoms with E-state index in [0.29, 0.717) is 5.69 Å². The fourth-order valence-electron chi connectivity index (χ4n) is 1.26. The molecule has 0 N–H and O–H groups in total. The van der Waals surface area contributed by atoms with Crippen LogP contribution in [0.25, 0.3) is 0 Å². The lowest BCUT2D eigenvalue weighted by Crippen LogP contribution is -2.24. The molecule has 0 aromatic heterocycles. The van der Waals surface area contributed by atoms with E-state index < -0.39 is 5.91 Å². The fraction of sp³-hybridized carbons (Fsp3) is 0.273. The van der Waals surface area contributed by atoms with Gasteiger partial charge in [0.2, 0.25) is 0 Å². The highest BCUT2D eigenvalue weighted by Crippen LogP contribution is 2.23. The van der Waals surface area contributed by atoms with Gasteiger partial charge in [-0.3, -0.25) is 4.79 Å². The molecule has 1 amide bonds. The summed E-state index contributed by atoms with van der Waals surface area (Å²) in [6.07, 6.45) is 0. The zero-order valence-corrected chi connectivity index (χ0v) is 8.94. The van der Waals surface area contributed by atoms with Gasteiger partial charge in [0, 0.05) is 12.7 Å². The molecule has 0 bridgehead atoms. The first-order valence-electron chi connectivity index (χ1n) is 4.42. The smallest absolute Gasteiger partial charge is 0.329 e. The molecule has 78 valence electrons. The van der Waals surface area contributed by atoms with Crippen LogP contribution in [0, 0.1) is 18.3 Å². The summed E-state index contributed by atoms with van der Waals surface area (Å²) in [5.41, 5.74) is 1.60. The summed E-state index contributed by atoms with van der Waals surface area (Å²) in [6.45, 7) is 1.88. The standard InChI is InChI=1S/C11H12N2O2/c1-8-6-9(4-5-10(8)15-3)13(2)11(14)7-12/h4-6H,1-3H3. The number of anilines is 1. The van der Waals surface area contributed by atoms with Crippen molar-refractivity contribution in [2.24, 2.45) is 0 Å². The zero-order chi connectivity index (χ0) is 11.4. The van der Waals surface area contributed by atoms with Gasteiger partial charge in [-0.25, -0.2) is 0 Å². The number of carbonyl (C=O) groups excluding carboxylic acids is 1. The van der Waals surface area contributed by atoms with E-state index in [4.69, 9.17) is 10.00 Å². The fourth-order valence-corrected chi connectivity index (χ4v) is 1.26. The predicted octanol–water partition coefficient (Wildman–Crippen LogP) is 1.49. The number of nitriles is 1. The van der Waals surface area contributed by atoms with Crippen molar-refractivity contribution in [3.63, 3.8) is 0 Å². The molecule has 0 atom stereocenters. The first-order valence-corrected chi connectivity index (χ1v) is 4.42. The second-order valence-corrected chi connectivity index (χ2v) is 3.13. The molecule has 1 aromatic rings. The lowest BCUT2D eigenvalue weighted by Gasteiger charge is -2.15. The second-order valence-electron chi connectivity index (χ2n) is 3.13. The molecular formula is C11H12N2O2. The van der Waals surface area contributed by atoms with Crippen LogP contribution >= 0.6 is 0 Å². The summed E-state index contributed by atoms with van der Waals surface area (Å²) in [7, 11) is 3.15. The molecule has 4 nitrogen and oxygen atoms in total. The van der Waals surface area contributed by atoms with Crippen LogP contribution < -0.4 is 9.64 Å². The average molecular weight is 204 g/mol. The van der Waals surface area contributed by atoms with Crippen LogP contribution in [0.3, 0.4) is 0 Å². The maximum Gasteiger partial charge on any atom is 0.329 e. The molecule has 1 aromatic carbocycles. The van der Waals surface area contributed by atoms with Gasteiger partial charge < -0.3 is 9.64 Å². The third kappa shape index (κ3) is 2.26. The van der Waals surface area contributed by atoms with Crippen molar-refractivity contribution in [3.8, 4) is 11.8 Å². The summed E-state index contributed by atoms with van der Waals surface area (Å²) in [4.78, 5) is 12.4. The van der Waals surface area contributed by atoms with Crippen molar-refractivity contribution in [3.05, 3.63) is 23.8 Å². The van der Waals surface area contributed by atoms with Crippen molar-refractivity contribution in [2.75, 3.05) is 19.1 Å². The number of methoxy groups -OCH3 is 1. The Morgan fingerprint density at radius 1 is 1.53 bits per heavy atom. The summed E-state index contributed by atoms with van der Waals surface area (Å²) >= 11 is 0. The van der Waals surface area contributed by atoms with Crippen LogP contribution in [0.5, 0.6) is 5.75 Å². The Hall–Kier alpha value is -2.02. The lowest BCUT2D eigenvalue weighted by molar-refractivity contribution is -0.113. The number of rotatable bonds is 2. The molecule has 0 fully saturated rings. The van der Waals surface area contributed by atoms with E-state index in [9.17, 15) is 4.79 Å². The SMILES string of the molecule is COc1ccc(N(C)C(=O)C#N)cc1C. The first-order chi connectivity index (χ1) is 7.10. The van der Waals surface area contributed by atoms with Crippen LogP contribution in [0.1, 0.15) is 5.56 Å². The number of aryl methyl sites for hydroxylation is 1. The number of benzene rings is 1. The third-order valence-electron chi connectivity index (χ3n) is 2.17.